The van der Waals surface area contributed by atoms with Crippen LogP contribution >= 0.6 is 11.6 Å². The molecular formula is C18H21ClN2O4S. The average Bonchev–Trinajstić information content (AvgIpc) is 2.58. The van der Waals surface area contributed by atoms with Crippen LogP contribution in [-0.2, 0) is 10.0 Å². The minimum absolute atomic E-state index is 0.167. The molecule has 0 aliphatic carbocycles. The molecule has 2 aromatic rings. The van der Waals surface area contributed by atoms with E-state index in [0.29, 0.717) is 12.1 Å². The van der Waals surface area contributed by atoms with E-state index < -0.39 is 10.0 Å². The summed E-state index contributed by atoms with van der Waals surface area (Å²) in [5.41, 5.74) is 1.53. The number of hydrogen-bond acceptors (Lipinski definition) is 4. The second kappa shape index (κ2) is 8.42. The Hall–Kier alpha value is -2.25. The van der Waals surface area contributed by atoms with E-state index in [2.05, 4.69) is 10.0 Å². The number of rotatable bonds is 7. The molecule has 1 amide bonds. The van der Waals surface area contributed by atoms with Gasteiger partial charge < -0.3 is 10.1 Å². The molecule has 0 fully saturated rings. The highest BCUT2D eigenvalue weighted by atomic mass is 35.5. The lowest BCUT2D eigenvalue weighted by atomic mass is 10.0. The van der Waals surface area contributed by atoms with E-state index in [1.807, 2.05) is 31.2 Å². The number of nitrogens with one attached hydrogen (secondary N) is 2. The van der Waals surface area contributed by atoms with Gasteiger partial charge in [-0.15, -0.1) is 0 Å². The maximum atomic E-state index is 12.6. The van der Waals surface area contributed by atoms with Crippen LogP contribution in [0.3, 0.4) is 0 Å². The summed E-state index contributed by atoms with van der Waals surface area (Å²) in [5, 5.41) is 3.11. The molecule has 1 atom stereocenters. The summed E-state index contributed by atoms with van der Waals surface area (Å²) in [4.78, 5) is 12.6. The van der Waals surface area contributed by atoms with Crippen molar-refractivity contribution >= 4 is 33.2 Å². The molecule has 0 aliphatic heterocycles. The molecule has 26 heavy (non-hydrogen) atoms. The van der Waals surface area contributed by atoms with Crippen LogP contribution in [0, 0.1) is 0 Å². The number of sulfonamides is 1. The summed E-state index contributed by atoms with van der Waals surface area (Å²) < 4.78 is 30.0. The van der Waals surface area contributed by atoms with Crippen molar-refractivity contribution in [1.29, 1.82) is 0 Å². The largest absolute Gasteiger partial charge is 0.497 e. The number of hydrogen-bond donors (Lipinski definition) is 2. The van der Waals surface area contributed by atoms with E-state index in [9.17, 15) is 13.2 Å². The smallest absolute Gasteiger partial charge is 0.253 e. The average molecular weight is 397 g/mol. The summed E-state index contributed by atoms with van der Waals surface area (Å²) in [6.45, 7) is 1.97. The third-order valence-corrected chi connectivity index (χ3v) is 4.67. The Kier molecular flexibility index (Phi) is 6.50. The third-order valence-electron chi connectivity index (χ3n) is 3.75. The van der Waals surface area contributed by atoms with Crippen molar-refractivity contribution in [2.45, 2.75) is 19.4 Å². The Morgan fingerprint density at radius 3 is 2.35 bits per heavy atom. The second-order valence-electron chi connectivity index (χ2n) is 5.78. The number of ether oxygens (including phenoxy) is 1. The molecule has 0 unspecified atom stereocenters. The topological polar surface area (TPSA) is 84.5 Å². The van der Waals surface area contributed by atoms with Gasteiger partial charge in [0, 0.05) is 5.69 Å². The molecule has 0 bridgehead atoms. The van der Waals surface area contributed by atoms with Crippen molar-refractivity contribution in [3.63, 3.8) is 0 Å². The standard InChI is InChI=1S/C18H21ClN2O4S/c1-4-17(12-5-8-14(25-2)9-6-12)20-18(22)15-10-7-13(11-16(15)19)21-26(3,23)24/h5-11,17,21H,4H2,1-3H3,(H,20,22)/t17-/m1/s1. The maximum Gasteiger partial charge on any atom is 0.253 e. The Balaban J connectivity index is 2.16. The van der Waals surface area contributed by atoms with Gasteiger partial charge in [-0.2, -0.15) is 0 Å². The van der Waals surface area contributed by atoms with Crippen molar-refractivity contribution in [1.82, 2.24) is 5.32 Å². The van der Waals surface area contributed by atoms with Gasteiger partial charge in [0.1, 0.15) is 5.75 Å². The van der Waals surface area contributed by atoms with Crippen molar-refractivity contribution in [2.24, 2.45) is 0 Å². The minimum Gasteiger partial charge on any atom is -0.497 e. The van der Waals surface area contributed by atoms with Gasteiger partial charge in [0.15, 0.2) is 0 Å². The molecule has 0 spiro atoms. The molecule has 0 aliphatic rings. The minimum atomic E-state index is -3.41. The fourth-order valence-electron chi connectivity index (χ4n) is 2.47. The fraction of sp³-hybridized carbons (Fsp3) is 0.278. The predicted molar refractivity (Wildman–Crippen MR) is 103 cm³/mol. The highest BCUT2D eigenvalue weighted by Gasteiger charge is 2.17. The van der Waals surface area contributed by atoms with Gasteiger partial charge in [-0.1, -0.05) is 30.7 Å². The number of carbonyl (C=O) groups excluding carboxylic acids is 1. The van der Waals surface area contributed by atoms with Gasteiger partial charge in [0.25, 0.3) is 5.91 Å². The predicted octanol–water partition coefficient (Wildman–Crippen LogP) is 3.60. The van der Waals surface area contributed by atoms with E-state index in [0.717, 1.165) is 17.6 Å². The zero-order chi connectivity index (χ0) is 19.3. The second-order valence-corrected chi connectivity index (χ2v) is 7.93. The molecular weight excluding hydrogens is 376 g/mol. The molecule has 2 aromatic carbocycles. The van der Waals surface area contributed by atoms with E-state index >= 15 is 0 Å². The lowest BCUT2D eigenvalue weighted by Gasteiger charge is -2.18. The normalized spacial score (nSPS) is 12.3. The first-order valence-corrected chi connectivity index (χ1v) is 10.2. The molecule has 6 nitrogen and oxygen atoms in total. The number of halogens is 1. The van der Waals surface area contributed by atoms with Gasteiger partial charge in [-0.05, 0) is 42.3 Å². The Bertz CT molecular complexity index is 883. The maximum absolute atomic E-state index is 12.6. The summed E-state index contributed by atoms with van der Waals surface area (Å²) in [7, 11) is -1.82. The van der Waals surface area contributed by atoms with Crippen LogP contribution in [0.15, 0.2) is 42.5 Å². The van der Waals surface area contributed by atoms with Crippen LogP contribution in [0.5, 0.6) is 5.75 Å². The number of carbonyl (C=O) groups is 1. The van der Waals surface area contributed by atoms with Gasteiger partial charge in [0.2, 0.25) is 10.0 Å². The van der Waals surface area contributed by atoms with Crippen molar-refractivity contribution in [3.05, 3.63) is 58.6 Å². The molecule has 0 saturated heterocycles. The van der Waals surface area contributed by atoms with Gasteiger partial charge >= 0.3 is 0 Å². The van der Waals surface area contributed by atoms with Crippen LogP contribution < -0.4 is 14.8 Å². The zero-order valence-electron chi connectivity index (χ0n) is 14.7. The van der Waals surface area contributed by atoms with Gasteiger partial charge in [-0.25, -0.2) is 8.42 Å². The quantitative estimate of drug-likeness (QED) is 0.748. The van der Waals surface area contributed by atoms with Crippen LogP contribution in [0.1, 0.15) is 35.3 Å². The molecule has 0 aromatic heterocycles. The SMILES string of the molecule is CC[C@@H](NC(=O)c1ccc(NS(C)(=O)=O)cc1Cl)c1ccc(OC)cc1. The number of methoxy groups -OCH3 is 1. The molecule has 0 heterocycles. The number of benzene rings is 2. The van der Waals surface area contributed by atoms with Crippen LogP contribution in [0.2, 0.25) is 5.02 Å². The van der Waals surface area contributed by atoms with E-state index in [1.54, 1.807) is 7.11 Å². The highest BCUT2D eigenvalue weighted by Crippen LogP contribution is 2.24. The molecule has 140 valence electrons. The lowest BCUT2D eigenvalue weighted by Crippen LogP contribution is -2.28. The highest BCUT2D eigenvalue weighted by molar-refractivity contribution is 7.92. The molecule has 2 rings (SSSR count). The third kappa shape index (κ3) is 5.37. The first-order chi connectivity index (χ1) is 12.2. The van der Waals surface area contributed by atoms with E-state index in [1.165, 1.54) is 18.2 Å². The van der Waals surface area contributed by atoms with Crippen LogP contribution in [0.4, 0.5) is 5.69 Å². The summed E-state index contributed by atoms with van der Waals surface area (Å²) in [6.07, 6.45) is 1.74. The first kappa shape index (κ1) is 20.1. The summed E-state index contributed by atoms with van der Waals surface area (Å²) in [6, 6.07) is 11.7. The molecule has 0 saturated carbocycles. The van der Waals surface area contributed by atoms with Gasteiger partial charge in [0.05, 0.1) is 30.0 Å². The number of anilines is 1. The van der Waals surface area contributed by atoms with E-state index in [-0.39, 0.29) is 22.5 Å². The Morgan fingerprint density at radius 2 is 1.85 bits per heavy atom. The number of amides is 1. The monoisotopic (exact) mass is 396 g/mol. The lowest BCUT2D eigenvalue weighted by molar-refractivity contribution is 0.0935. The molecule has 0 radical (unpaired) electrons. The van der Waals surface area contributed by atoms with Crippen LogP contribution in [0.25, 0.3) is 0 Å². The van der Waals surface area contributed by atoms with Crippen LogP contribution in [-0.4, -0.2) is 27.7 Å². The van der Waals surface area contributed by atoms with Crippen molar-refractivity contribution in [2.75, 3.05) is 18.1 Å². The summed E-state index contributed by atoms with van der Waals surface area (Å²) in [5.74, 6) is 0.413. The van der Waals surface area contributed by atoms with Gasteiger partial charge in [-0.3, -0.25) is 9.52 Å². The summed E-state index contributed by atoms with van der Waals surface area (Å²) >= 11 is 6.15. The zero-order valence-corrected chi connectivity index (χ0v) is 16.3. The van der Waals surface area contributed by atoms with Crippen molar-refractivity contribution < 1.29 is 17.9 Å². The molecule has 2 N–H and O–H groups in total. The Labute approximate surface area is 158 Å². The van der Waals surface area contributed by atoms with Crippen molar-refractivity contribution in [3.8, 4) is 5.75 Å². The molecule has 8 heteroatoms. The Morgan fingerprint density at radius 1 is 1.19 bits per heavy atom. The van der Waals surface area contributed by atoms with E-state index in [4.69, 9.17) is 16.3 Å². The fourth-order valence-corrected chi connectivity index (χ4v) is 3.29. The first-order valence-electron chi connectivity index (χ1n) is 7.95.